The van der Waals surface area contributed by atoms with E-state index in [1.54, 1.807) is 0 Å². The molecule has 0 aromatic heterocycles. The van der Waals surface area contributed by atoms with Crippen LogP contribution >= 0.6 is 0 Å². The highest BCUT2D eigenvalue weighted by molar-refractivity contribution is 5.78. The second-order valence-electron chi connectivity index (χ2n) is 6.56. The van der Waals surface area contributed by atoms with Crippen molar-refractivity contribution in [3.63, 3.8) is 0 Å². The van der Waals surface area contributed by atoms with Crippen LogP contribution in [0.25, 0.3) is 0 Å². The van der Waals surface area contributed by atoms with E-state index in [0.29, 0.717) is 11.8 Å². The van der Waals surface area contributed by atoms with Crippen molar-refractivity contribution in [2.45, 2.75) is 64.2 Å². The summed E-state index contributed by atoms with van der Waals surface area (Å²) >= 11 is 0. The summed E-state index contributed by atoms with van der Waals surface area (Å²) in [7, 11) is 0. The van der Waals surface area contributed by atoms with Crippen LogP contribution in [0.5, 0.6) is 0 Å². The Morgan fingerprint density at radius 2 is 1.74 bits per heavy atom. The van der Waals surface area contributed by atoms with Gasteiger partial charge in [-0.1, -0.05) is 32.1 Å². The molecule has 3 N–H and O–H groups in total. The molecular formula is C16H30N2O. The Balaban J connectivity index is 1.69. The predicted molar refractivity (Wildman–Crippen MR) is 78.7 cm³/mol. The van der Waals surface area contributed by atoms with Crippen LogP contribution in [0, 0.1) is 17.8 Å². The number of carbonyl (C=O) groups excluding carboxylic acids is 1. The number of amides is 1. The Morgan fingerprint density at radius 1 is 1.00 bits per heavy atom. The minimum atomic E-state index is 0.258. The van der Waals surface area contributed by atoms with Gasteiger partial charge in [0.1, 0.15) is 0 Å². The Labute approximate surface area is 117 Å². The highest BCUT2D eigenvalue weighted by Gasteiger charge is 2.27. The highest BCUT2D eigenvalue weighted by atomic mass is 16.1. The van der Waals surface area contributed by atoms with E-state index in [-0.39, 0.29) is 5.92 Å². The van der Waals surface area contributed by atoms with Crippen LogP contribution in [0.1, 0.15) is 64.2 Å². The van der Waals surface area contributed by atoms with E-state index in [1.807, 2.05) is 0 Å². The summed E-state index contributed by atoms with van der Waals surface area (Å²) in [5.41, 5.74) is 5.64. The lowest BCUT2D eigenvalue weighted by Gasteiger charge is -2.29. The quantitative estimate of drug-likeness (QED) is 0.804. The molecule has 110 valence electrons. The zero-order valence-corrected chi connectivity index (χ0v) is 12.2. The molecule has 3 nitrogen and oxygen atoms in total. The third kappa shape index (κ3) is 4.79. The van der Waals surface area contributed by atoms with Gasteiger partial charge in [-0.3, -0.25) is 4.79 Å². The molecule has 2 aliphatic rings. The Morgan fingerprint density at radius 3 is 2.47 bits per heavy atom. The van der Waals surface area contributed by atoms with Crippen LogP contribution in [0.2, 0.25) is 0 Å². The second kappa shape index (κ2) is 7.88. The summed E-state index contributed by atoms with van der Waals surface area (Å²) in [6.07, 6.45) is 12.4. The van der Waals surface area contributed by atoms with Gasteiger partial charge in [-0.25, -0.2) is 0 Å². The van der Waals surface area contributed by atoms with Gasteiger partial charge < -0.3 is 11.1 Å². The van der Waals surface area contributed by atoms with E-state index in [0.717, 1.165) is 38.3 Å². The molecule has 0 aromatic rings. The first-order valence-electron chi connectivity index (χ1n) is 8.27. The molecule has 0 saturated heterocycles. The molecule has 0 aliphatic heterocycles. The minimum absolute atomic E-state index is 0.258. The van der Waals surface area contributed by atoms with E-state index in [9.17, 15) is 4.79 Å². The maximum atomic E-state index is 12.2. The third-order valence-electron chi connectivity index (χ3n) is 5.02. The van der Waals surface area contributed by atoms with Gasteiger partial charge in [-0.2, -0.15) is 0 Å². The molecule has 2 atom stereocenters. The lowest BCUT2D eigenvalue weighted by atomic mass is 9.79. The Bertz CT molecular complexity index is 272. The monoisotopic (exact) mass is 266 g/mol. The van der Waals surface area contributed by atoms with Gasteiger partial charge in [0.15, 0.2) is 0 Å². The van der Waals surface area contributed by atoms with Gasteiger partial charge in [0, 0.05) is 12.5 Å². The van der Waals surface area contributed by atoms with E-state index in [2.05, 4.69) is 5.32 Å². The van der Waals surface area contributed by atoms with Crippen LogP contribution in [0.4, 0.5) is 0 Å². The van der Waals surface area contributed by atoms with Gasteiger partial charge >= 0.3 is 0 Å². The van der Waals surface area contributed by atoms with Crippen LogP contribution in [0.3, 0.4) is 0 Å². The zero-order chi connectivity index (χ0) is 13.5. The lowest BCUT2D eigenvalue weighted by Crippen LogP contribution is -2.37. The molecule has 1 amide bonds. The topological polar surface area (TPSA) is 55.1 Å². The van der Waals surface area contributed by atoms with Crippen molar-refractivity contribution >= 4 is 5.91 Å². The first kappa shape index (κ1) is 14.8. The van der Waals surface area contributed by atoms with Crippen molar-refractivity contribution in [1.29, 1.82) is 0 Å². The van der Waals surface area contributed by atoms with E-state index in [4.69, 9.17) is 5.73 Å². The summed E-state index contributed by atoms with van der Waals surface area (Å²) in [5.74, 6) is 1.99. The number of nitrogens with two attached hydrogens (primary N) is 1. The number of hydrogen-bond donors (Lipinski definition) is 2. The molecule has 2 unspecified atom stereocenters. The summed E-state index contributed by atoms with van der Waals surface area (Å²) in [6.45, 7) is 1.68. The highest BCUT2D eigenvalue weighted by Crippen LogP contribution is 2.31. The lowest BCUT2D eigenvalue weighted by molar-refractivity contribution is -0.126. The van der Waals surface area contributed by atoms with Crippen molar-refractivity contribution in [1.82, 2.24) is 5.32 Å². The Hall–Kier alpha value is -0.570. The van der Waals surface area contributed by atoms with E-state index in [1.165, 1.54) is 44.9 Å². The molecule has 3 heteroatoms. The zero-order valence-electron chi connectivity index (χ0n) is 12.2. The van der Waals surface area contributed by atoms with Gasteiger partial charge in [-0.15, -0.1) is 0 Å². The molecular weight excluding hydrogens is 236 g/mol. The molecule has 0 aromatic carbocycles. The van der Waals surface area contributed by atoms with Crippen LogP contribution in [0.15, 0.2) is 0 Å². The average molecular weight is 266 g/mol. The first-order valence-corrected chi connectivity index (χ1v) is 8.27. The molecule has 2 aliphatic carbocycles. The minimum Gasteiger partial charge on any atom is -0.356 e. The van der Waals surface area contributed by atoms with Crippen LogP contribution in [-0.2, 0) is 4.79 Å². The molecule has 19 heavy (non-hydrogen) atoms. The normalized spacial score (nSPS) is 29.1. The molecule has 0 spiro atoms. The second-order valence-corrected chi connectivity index (χ2v) is 6.56. The average Bonchev–Trinajstić information content (AvgIpc) is 2.46. The van der Waals surface area contributed by atoms with Crippen molar-refractivity contribution < 1.29 is 4.79 Å². The van der Waals surface area contributed by atoms with Crippen molar-refractivity contribution in [2.75, 3.05) is 13.1 Å². The fraction of sp³-hybridized carbons (Fsp3) is 0.938. The van der Waals surface area contributed by atoms with Crippen LogP contribution in [-0.4, -0.2) is 19.0 Å². The Kier molecular flexibility index (Phi) is 6.15. The number of rotatable bonds is 5. The largest absolute Gasteiger partial charge is 0.356 e. The summed E-state index contributed by atoms with van der Waals surface area (Å²) < 4.78 is 0. The third-order valence-corrected chi connectivity index (χ3v) is 5.02. The van der Waals surface area contributed by atoms with Gasteiger partial charge in [-0.05, 0) is 50.5 Å². The maximum Gasteiger partial charge on any atom is 0.223 e. The number of nitrogens with one attached hydrogen (secondary N) is 1. The first-order chi connectivity index (χ1) is 9.29. The standard InChI is InChI=1S/C16H30N2O/c17-10-9-13-7-4-8-15(11-13)16(19)18-12-14-5-2-1-3-6-14/h13-15H,1-12,17H2,(H,18,19). The SMILES string of the molecule is NCCC1CCCC(C(=O)NCC2CCCCC2)C1. The molecule has 0 radical (unpaired) electrons. The fourth-order valence-corrected chi connectivity index (χ4v) is 3.81. The maximum absolute atomic E-state index is 12.2. The molecule has 2 fully saturated rings. The van der Waals surface area contributed by atoms with Crippen LogP contribution < -0.4 is 11.1 Å². The molecule has 2 rings (SSSR count). The van der Waals surface area contributed by atoms with Crippen molar-refractivity contribution in [3.8, 4) is 0 Å². The van der Waals surface area contributed by atoms with Crippen molar-refractivity contribution in [2.24, 2.45) is 23.5 Å². The predicted octanol–water partition coefficient (Wildman–Crippen LogP) is 2.84. The number of carbonyl (C=O) groups is 1. The molecule has 2 saturated carbocycles. The van der Waals surface area contributed by atoms with E-state index >= 15 is 0 Å². The summed E-state index contributed by atoms with van der Waals surface area (Å²) in [5, 5.41) is 3.21. The van der Waals surface area contributed by atoms with Crippen molar-refractivity contribution in [3.05, 3.63) is 0 Å². The molecule has 0 bridgehead atoms. The van der Waals surface area contributed by atoms with Gasteiger partial charge in [0.2, 0.25) is 5.91 Å². The smallest absolute Gasteiger partial charge is 0.223 e. The summed E-state index contributed by atoms with van der Waals surface area (Å²) in [4.78, 5) is 12.2. The summed E-state index contributed by atoms with van der Waals surface area (Å²) in [6, 6.07) is 0. The molecule has 0 heterocycles. The van der Waals surface area contributed by atoms with Gasteiger partial charge in [0.25, 0.3) is 0 Å². The van der Waals surface area contributed by atoms with Gasteiger partial charge in [0.05, 0.1) is 0 Å². The fourth-order valence-electron chi connectivity index (χ4n) is 3.81. The number of hydrogen-bond acceptors (Lipinski definition) is 2. The van der Waals surface area contributed by atoms with E-state index < -0.39 is 0 Å².